The van der Waals surface area contributed by atoms with Crippen molar-refractivity contribution in [1.29, 1.82) is 0 Å². The Morgan fingerprint density at radius 2 is 1.56 bits per heavy atom. The first-order chi connectivity index (χ1) is 7.37. The molecule has 96 valence electrons. The molecule has 16 heavy (non-hydrogen) atoms. The van der Waals surface area contributed by atoms with E-state index in [-0.39, 0.29) is 0 Å². The van der Waals surface area contributed by atoms with Crippen LogP contribution in [0.15, 0.2) is 0 Å². The summed E-state index contributed by atoms with van der Waals surface area (Å²) in [7, 11) is 4.55. The summed E-state index contributed by atoms with van der Waals surface area (Å²) in [6.45, 7) is 9.49. The fraction of sp³-hybridized carbons (Fsp3) is 1.00. The van der Waals surface area contributed by atoms with Gasteiger partial charge < -0.3 is 4.90 Å². The Bertz CT molecular complexity index is 197. The lowest BCUT2D eigenvalue weighted by Gasteiger charge is -2.47. The van der Waals surface area contributed by atoms with Gasteiger partial charge in [-0.25, -0.2) is 0 Å². The molecule has 1 aliphatic carbocycles. The van der Waals surface area contributed by atoms with Crippen molar-refractivity contribution in [3.63, 3.8) is 0 Å². The van der Waals surface area contributed by atoms with E-state index in [0.29, 0.717) is 5.54 Å². The van der Waals surface area contributed by atoms with E-state index in [1.807, 2.05) is 0 Å². The van der Waals surface area contributed by atoms with E-state index < -0.39 is 0 Å². The van der Waals surface area contributed by atoms with Gasteiger partial charge in [0.05, 0.1) is 0 Å². The Balaban J connectivity index is 2.62. The van der Waals surface area contributed by atoms with Gasteiger partial charge in [-0.3, -0.25) is 0 Å². The smallest absolute Gasteiger partial charge is 0.0206 e. The lowest BCUT2D eigenvalue weighted by molar-refractivity contribution is 0.0495. The van der Waals surface area contributed by atoms with E-state index in [0.717, 1.165) is 17.8 Å². The Labute approximate surface area is 103 Å². The van der Waals surface area contributed by atoms with Crippen LogP contribution in [0.2, 0.25) is 0 Å². The summed E-state index contributed by atoms with van der Waals surface area (Å²) in [6, 6.07) is 0. The van der Waals surface area contributed by atoms with Crippen molar-refractivity contribution in [2.45, 2.75) is 65.3 Å². The van der Waals surface area contributed by atoms with Crippen molar-refractivity contribution in [2.24, 2.45) is 17.8 Å². The van der Waals surface area contributed by atoms with Crippen molar-refractivity contribution in [3.8, 4) is 0 Å². The quantitative estimate of drug-likeness (QED) is 0.694. The van der Waals surface area contributed by atoms with E-state index in [1.165, 1.54) is 32.1 Å². The molecule has 0 unspecified atom stereocenters. The third-order valence-electron chi connectivity index (χ3n) is 4.64. The summed E-state index contributed by atoms with van der Waals surface area (Å²) < 4.78 is 0. The summed E-state index contributed by atoms with van der Waals surface area (Å²) in [5.74, 6) is 2.66. The van der Waals surface area contributed by atoms with Crippen molar-refractivity contribution in [1.82, 2.24) is 4.90 Å². The van der Waals surface area contributed by atoms with Crippen LogP contribution in [-0.2, 0) is 0 Å². The zero-order valence-corrected chi connectivity index (χ0v) is 12.2. The van der Waals surface area contributed by atoms with Crippen LogP contribution in [-0.4, -0.2) is 24.5 Å². The van der Waals surface area contributed by atoms with Crippen molar-refractivity contribution in [3.05, 3.63) is 0 Å². The van der Waals surface area contributed by atoms with Crippen LogP contribution in [0.1, 0.15) is 59.8 Å². The average molecular weight is 225 g/mol. The molecule has 0 amide bonds. The SMILES string of the molecule is CC(C)CC1(N(C)C)CCC(C(C)C)CC1. The minimum absolute atomic E-state index is 0.500. The minimum Gasteiger partial charge on any atom is -0.304 e. The highest BCUT2D eigenvalue weighted by Gasteiger charge is 2.37. The van der Waals surface area contributed by atoms with Gasteiger partial charge in [0.2, 0.25) is 0 Å². The van der Waals surface area contributed by atoms with Crippen LogP contribution < -0.4 is 0 Å². The molecule has 0 aliphatic heterocycles. The molecular formula is C15H31N. The second kappa shape index (κ2) is 5.53. The zero-order chi connectivity index (χ0) is 12.3. The van der Waals surface area contributed by atoms with Crippen LogP contribution in [0, 0.1) is 17.8 Å². The molecule has 0 atom stereocenters. The second-order valence-corrected chi connectivity index (χ2v) is 6.80. The van der Waals surface area contributed by atoms with Gasteiger partial charge in [-0.15, -0.1) is 0 Å². The van der Waals surface area contributed by atoms with Gasteiger partial charge in [0.1, 0.15) is 0 Å². The summed E-state index contributed by atoms with van der Waals surface area (Å²) in [5.41, 5.74) is 0.500. The van der Waals surface area contributed by atoms with Crippen molar-refractivity contribution >= 4 is 0 Å². The van der Waals surface area contributed by atoms with Gasteiger partial charge in [0, 0.05) is 5.54 Å². The number of nitrogens with zero attached hydrogens (tertiary/aromatic N) is 1. The molecule has 0 aromatic rings. The number of hydrogen-bond donors (Lipinski definition) is 0. The maximum absolute atomic E-state index is 2.50. The summed E-state index contributed by atoms with van der Waals surface area (Å²) in [4.78, 5) is 2.50. The van der Waals surface area contributed by atoms with Crippen LogP contribution in [0.5, 0.6) is 0 Å². The molecule has 1 nitrogen and oxygen atoms in total. The van der Waals surface area contributed by atoms with Crippen LogP contribution in [0.25, 0.3) is 0 Å². The summed E-state index contributed by atoms with van der Waals surface area (Å²) in [5, 5.41) is 0. The molecule has 0 aromatic heterocycles. The number of rotatable bonds is 4. The second-order valence-electron chi connectivity index (χ2n) is 6.80. The third-order valence-corrected chi connectivity index (χ3v) is 4.64. The van der Waals surface area contributed by atoms with Crippen LogP contribution in [0.4, 0.5) is 0 Å². The molecule has 1 heteroatoms. The molecule has 0 saturated heterocycles. The summed E-state index contributed by atoms with van der Waals surface area (Å²) >= 11 is 0. The monoisotopic (exact) mass is 225 g/mol. The maximum Gasteiger partial charge on any atom is 0.0206 e. The molecular weight excluding hydrogens is 194 g/mol. The van der Waals surface area contributed by atoms with Crippen LogP contribution in [0.3, 0.4) is 0 Å². The van der Waals surface area contributed by atoms with Gasteiger partial charge in [-0.05, 0) is 64.0 Å². The van der Waals surface area contributed by atoms with E-state index in [2.05, 4.69) is 46.7 Å². The third kappa shape index (κ3) is 3.23. The average Bonchev–Trinajstić information content (AvgIpc) is 2.17. The highest BCUT2D eigenvalue weighted by Crippen LogP contribution is 2.41. The predicted molar refractivity (Wildman–Crippen MR) is 72.7 cm³/mol. The van der Waals surface area contributed by atoms with E-state index in [9.17, 15) is 0 Å². The normalized spacial score (nSPS) is 31.7. The van der Waals surface area contributed by atoms with E-state index >= 15 is 0 Å². The predicted octanol–water partition coefficient (Wildman–Crippen LogP) is 4.18. The maximum atomic E-state index is 2.50. The highest BCUT2D eigenvalue weighted by atomic mass is 15.1. The van der Waals surface area contributed by atoms with Gasteiger partial charge in [-0.1, -0.05) is 27.7 Å². The Kier molecular flexibility index (Phi) is 4.85. The minimum atomic E-state index is 0.500. The lowest BCUT2D eigenvalue weighted by atomic mass is 9.69. The van der Waals surface area contributed by atoms with Crippen molar-refractivity contribution < 1.29 is 0 Å². The Hall–Kier alpha value is -0.0400. The molecule has 1 aliphatic rings. The molecule has 0 heterocycles. The Morgan fingerprint density at radius 3 is 1.88 bits per heavy atom. The first-order valence-corrected chi connectivity index (χ1v) is 7.05. The molecule has 1 saturated carbocycles. The standard InChI is InChI=1S/C15H31N/c1-12(2)11-15(16(5)6)9-7-14(8-10-15)13(3)4/h12-14H,7-11H2,1-6H3. The summed E-state index contributed by atoms with van der Waals surface area (Å²) in [6.07, 6.45) is 7.04. The van der Waals surface area contributed by atoms with Gasteiger partial charge in [-0.2, -0.15) is 0 Å². The highest BCUT2D eigenvalue weighted by molar-refractivity contribution is 4.93. The first kappa shape index (κ1) is 14.0. The fourth-order valence-electron chi connectivity index (χ4n) is 3.44. The molecule has 1 rings (SSSR count). The topological polar surface area (TPSA) is 3.24 Å². The molecule has 0 spiro atoms. The van der Waals surface area contributed by atoms with Gasteiger partial charge in [0.15, 0.2) is 0 Å². The van der Waals surface area contributed by atoms with Gasteiger partial charge >= 0.3 is 0 Å². The fourth-order valence-corrected chi connectivity index (χ4v) is 3.44. The van der Waals surface area contributed by atoms with Crippen molar-refractivity contribution in [2.75, 3.05) is 14.1 Å². The largest absolute Gasteiger partial charge is 0.304 e. The zero-order valence-electron chi connectivity index (χ0n) is 12.2. The van der Waals surface area contributed by atoms with Crippen LogP contribution >= 0.6 is 0 Å². The first-order valence-electron chi connectivity index (χ1n) is 7.05. The van der Waals surface area contributed by atoms with E-state index in [4.69, 9.17) is 0 Å². The van der Waals surface area contributed by atoms with Gasteiger partial charge in [0.25, 0.3) is 0 Å². The molecule has 1 fully saturated rings. The molecule has 0 radical (unpaired) electrons. The Morgan fingerprint density at radius 1 is 1.06 bits per heavy atom. The van der Waals surface area contributed by atoms with E-state index in [1.54, 1.807) is 0 Å². The lowest BCUT2D eigenvalue weighted by Crippen LogP contribution is -2.48. The number of hydrogen-bond acceptors (Lipinski definition) is 1. The molecule has 0 aromatic carbocycles. The molecule has 0 N–H and O–H groups in total. The molecule has 0 bridgehead atoms.